The van der Waals surface area contributed by atoms with Gasteiger partial charge in [0.2, 0.25) is 5.16 Å². The smallest absolute Gasteiger partial charge is 0.214 e. The molecule has 2 heterocycles. The molecular weight excluding hydrogens is 274 g/mol. The second kappa shape index (κ2) is 6.83. The predicted molar refractivity (Wildman–Crippen MR) is 76.3 cm³/mol. The Morgan fingerprint density at radius 1 is 1.20 bits per heavy atom. The van der Waals surface area contributed by atoms with E-state index in [-0.39, 0.29) is 0 Å². The highest BCUT2D eigenvalue weighted by Crippen LogP contribution is 2.16. The van der Waals surface area contributed by atoms with Crippen molar-refractivity contribution >= 4 is 11.8 Å². The number of quaternary nitrogens is 1. The lowest BCUT2D eigenvalue weighted by molar-refractivity contribution is -0.905. The van der Waals surface area contributed by atoms with Crippen LogP contribution in [0, 0.1) is 0 Å². The topological polar surface area (TPSA) is 57.3 Å². The largest absolute Gasteiger partial charge is 0.370 e. The second-order valence-electron chi connectivity index (χ2n) is 4.67. The minimum absolute atomic E-state index is 0.851. The maximum atomic E-state index is 5.36. The summed E-state index contributed by atoms with van der Waals surface area (Å²) in [6, 6.07) is 9.98. The van der Waals surface area contributed by atoms with E-state index < -0.39 is 0 Å². The number of thioether (sulfide) groups is 1. The van der Waals surface area contributed by atoms with Gasteiger partial charge in [0.15, 0.2) is 0 Å². The normalized spacial score (nSPS) is 16.4. The van der Waals surface area contributed by atoms with Gasteiger partial charge in [0.25, 0.3) is 0 Å². The number of para-hydroxylation sites is 1. The van der Waals surface area contributed by atoms with Crippen molar-refractivity contribution in [3.8, 4) is 5.69 Å². The van der Waals surface area contributed by atoms with E-state index in [9.17, 15) is 0 Å². The van der Waals surface area contributed by atoms with Crippen LogP contribution < -0.4 is 4.90 Å². The maximum Gasteiger partial charge on any atom is 0.214 e. The van der Waals surface area contributed by atoms with Gasteiger partial charge in [0, 0.05) is 0 Å². The Morgan fingerprint density at radius 2 is 2.00 bits per heavy atom. The summed E-state index contributed by atoms with van der Waals surface area (Å²) >= 11 is 1.71. The van der Waals surface area contributed by atoms with Crippen LogP contribution in [0.1, 0.15) is 0 Å². The van der Waals surface area contributed by atoms with Crippen molar-refractivity contribution in [2.75, 3.05) is 38.6 Å². The first-order chi connectivity index (χ1) is 9.93. The number of rotatable bonds is 5. The van der Waals surface area contributed by atoms with Gasteiger partial charge in [-0.1, -0.05) is 30.0 Å². The molecule has 0 radical (unpaired) electrons. The van der Waals surface area contributed by atoms with Crippen molar-refractivity contribution < 1.29 is 9.64 Å². The molecule has 0 unspecified atom stereocenters. The van der Waals surface area contributed by atoms with Crippen LogP contribution in [0.25, 0.3) is 5.69 Å². The number of benzene rings is 1. The highest BCUT2D eigenvalue weighted by atomic mass is 32.2. The molecule has 6 nitrogen and oxygen atoms in total. The number of nitrogens with zero attached hydrogens (tertiary/aromatic N) is 4. The van der Waals surface area contributed by atoms with Crippen molar-refractivity contribution in [2.24, 2.45) is 0 Å². The first-order valence-corrected chi connectivity index (χ1v) is 7.80. The molecule has 106 valence electrons. The number of tetrazole rings is 1. The minimum Gasteiger partial charge on any atom is -0.370 e. The van der Waals surface area contributed by atoms with Crippen molar-refractivity contribution in [2.45, 2.75) is 5.16 Å². The molecule has 1 aromatic heterocycles. The van der Waals surface area contributed by atoms with Gasteiger partial charge in [-0.3, -0.25) is 0 Å². The van der Waals surface area contributed by atoms with E-state index >= 15 is 0 Å². The Kier molecular flexibility index (Phi) is 4.62. The number of aromatic nitrogens is 4. The zero-order valence-electron chi connectivity index (χ0n) is 11.2. The second-order valence-corrected chi connectivity index (χ2v) is 5.73. The third-order valence-corrected chi connectivity index (χ3v) is 4.25. The zero-order valence-corrected chi connectivity index (χ0v) is 12.1. The summed E-state index contributed by atoms with van der Waals surface area (Å²) in [6.07, 6.45) is 0. The summed E-state index contributed by atoms with van der Waals surface area (Å²) in [4.78, 5) is 1.60. The molecule has 20 heavy (non-hydrogen) atoms. The van der Waals surface area contributed by atoms with E-state index in [0.717, 1.165) is 49.4 Å². The van der Waals surface area contributed by atoms with Gasteiger partial charge >= 0.3 is 0 Å². The standard InChI is InChI=1S/C13H17N5OS/c1-2-4-12(5-3-1)18-13(14-15-16-18)20-11-8-17-6-9-19-10-7-17/h1-5H,6-11H2/p+1. The lowest BCUT2D eigenvalue weighted by Crippen LogP contribution is -3.14. The van der Waals surface area contributed by atoms with Gasteiger partial charge in [-0.05, 0) is 22.6 Å². The average molecular weight is 292 g/mol. The Labute approximate surface area is 122 Å². The maximum absolute atomic E-state index is 5.36. The van der Waals surface area contributed by atoms with Gasteiger partial charge in [0.1, 0.15) is 13.1 Å². The van der Waals surface area contributed by atoms with Gasteiger partial charge in [0.05, 0.1) is 31.2 Å². The van der Waals surface area contributed by atoms with E-state index in [4.69, 9.17) is 4.74 Å². The van der Waals surface area contributed by atoms with Crippen LogP contribution in [0.5, 0.6) is 0 Å². The number of hydrogen-bond acceptors (Lipinski definition) is 5. The van der Waals surface area contributed by atoms with Crippen LogP contribution in [0.4, 0.5) is 0 Å². The first-order valence-electron chi connectivity index (χ1n) is 6.81. The molecule has 1 saturated heterocycles. The van der Waals surface area contributed by atoms with Crippen LogP contribution in [0.2, 0.25) is 0 Å². The molecule has 1 N–H and O–H groups in total. The Bertz CT molecular complexity index is 527. The van der Waals surface area contributed by atoms with Gasteiger partial charge in [-0.15, -0.1) is 5.10 Å². The van der Waals surface area contributed by atoms with E-state index in [0.29, 0.717) is 0 Å². The molecule has 0 amide bonds. The van der Waals surface area contributed by atoms with Crippen molar-refractivity contribution in [1.29, 1.82) is 0 Å². The molecule has 1 aliphatic heterocycles. The Hall–Kier alpha value is -1.44. The molecule has 1 fully saturated rings. The van der Waals surface area contributed by atoms with Crippen LogP contribution >= 0.6 is 11.8 Å². The average Bonchev–Trinajstić information content (AvgIpc) is 2.98. The van der Waals surface area contributed by atoms with E-state index in [2.05, 4.69) is 15.5 Å². The summed E-state index contributed by atoms with van der Waals surface area (Å²) in [6.45, 7) is 5.08. The third-order valence-electron chi connectivity index (χ3n) is 3.33. The minimum atomic E-state index is 0.851. The SMILES string of the molecule is c1ccc(-n2nnnc2SCC[NH+]2CCOCC2)cc1. The molecule has 0 atom stereocenters. The quantitative estimate of drug-likeness (QED) is 0.765. The summed E-state index contributed by atoms with van der Waals surface area (Å²) in [7, 11) is 0. The molecular formula is C13H18N5OS+. The molecule has 0 bridgehead atoms. The molecule has 2 aromatic rings. The molecule has 1 aromatic carbocycles. The highest BCUT2D eigenvalue weighted by molar-refractivity contribution is 7.99. The Morgan fingerprint density at radius 3 is 2.80 bits per heavy atom. The van der Waals surface area contributed by atoms with Crippen molar-refractivity contribution in [1.82, 2.24) is 20.2 Å². The van der Waals surface area contributed by atoms with Crippen LogP contribution in [-0.4, -0.2) is 58.8 Å². The van der Waals surface area contributed by atoms with Gasteiger partial charge < -0.3 is 9.64 Å². The monoisotopic (exact) mass is 292 g/mol. The van der Waals surface area contributed by atoms with Crippen molar-refractivity contribution in [3.63, 3.8) is 0 Å². The molecule has 0 saturated carbocycles. The number of ether oxygens (including phenoxy) is 1. The third kappa shape index (κ3) is 3.36. The predicted octanol–water partition coefficient (Wildman–Crippen LogP) is -0.330. The zero-order chi connectivity index (χ0) is 13.6. The molecule has 3 rings (SSSR count). The van der Waals surface area contributed by atoms with E-state index in [1.54, 1.807) is 21.3 Å². The summed E-state index contributed by atoms with van der Waals surface area (Å²) in [5.74, 6) is 1.02. The van der Waals surface area contributed by atoms with Crippen LogP contribution in [-0.2, 0) is 4.74 Å². The molecule has 0 spiro atoms. The summed E-state index contributed by atoms with van der Waals surface area (Å²) in [5, 5.41) is 12.8. The van der Waals surface area contributed by atoms with Crippen molar-refractivity contribution in [3.05, 3.63) is 30.3 Å². The fourth-order valence-electron chi connectivity index (χ4n) is 2.20. The van der Waals surface area contributed by atoms with E-state index in [1.165, 1.54) is 0 Å². The highest BCUT2D eigenvalue weighted by Gasteiger charge is 2.14. The van der Waals surface area contributed by atoms with E-state index in [1.807, 2.05) is 30.3 Å². The van der Waals surface area contributed by atoms with Gasteiger partial charge in [-0.25, -0.2) is 0 Å². The lowest BCUT2D eigenvalue weighted by atomic mass is 10.3. The molecule has 0 aliphatic carbocycles. The number of hydrogen-bond donors (Lipinski definition) is 1. The number of nitrogens with one attached hydrogen (secondary N) is 1. The molecule has 7 heteroatoms. The van der Waals surface area contributed by atoms with Gasteiger partial charge in [-0.2, -0.15) is 4.68 Å². The summed E-state index contributed by atoms with van der Waals surface area (Å²) < 4.78 is 7.16. The van der Waals surface area contributed by atoms with Crippen LogP contribution in [0.3, 0.4) is 0 Å². The number of morpholine rings is 1. The fraction of sp³-hybridized carbons (Fsp3) is 0.462. The Balaban J connectivity index is 1.57. The summed E-state index contributed by atoms with van der Waals surface area (Å²) in [5.41, 5.74) is 0.999. The fourth-order valence-corrected chi connectivity index (χ4v) is 3.13. The first kappa shape index (κ1) is 13.5. The lowest BCUT2D eigenvalue weighted by Gasteiger charge is -2.23. The molecule has 1 aliphatic rings. The van der Waals surface area contributed by atoms with Crippen LogP contribution in [0.15, 0.2) is 35.5 Å².